The summed E-state index contributed by atoms with van der Waals surface area (Å²) in [6.45, 7) is 13.5. The second-order valence-electron chi connectivity index (χ2n) is 6.37. The van der Waals surface area contributed by atoms with Crippen molar-refractivity contribution in [2.45, 2.75) is 59.0 Å². The summed E-state index contributed by atoms with van der Waals surface area (Å²) in [4.78, 5) is 2.63. The fourth-order valence-corrected chi connectivity index (χ4v) is 2.64. The summed E-state index contributed by atoms with van der Waals surface area (Å²) in [5.74, 6) is 1.61. The second kappa shape index (κ2) is 8.93. The highest BCUT2D eigenvalue weighted by molar-refractivity contribution is 4.87. The molecule has 1 fully saturated rings. The number of hydrogen-bond acceptors (Lipinski definition) is 3. The minimum Gasteiger partial charge on any atom is -0.383 e. The van der Waals surface area contributed by atoms with Crippen molar-refractivity contribution >= 4 is 0 Å². The van der Waals surface area contributed by atoms with E-state index in [9.17, 15) is 0 Å². The van der Waals surface area contributed by atoms with Crippen molar-refractivity contribution < 1.29 is 4.74 Å². The maximum atomic E-state index is 5.28. The molecule has 0 aromatic carbocycles. The molecule has 0 heterocycles. The van der Waals surface area contributed by atoms with Crippen LogP contribution in [0.3, 0.4) is 0 Å². The lowest BCUT2D eigenvalue weighted by Crippen LogP contribution is -2.48. The van der Waals surface area contributed by atoms with Crippen LogP contribution >= 0.6 is 0 Å². The first-order valence-electron chi connectivity index (χ1n) is 8.06. The highest BCUT2D eigenvalue weighted by Gasteiger charge is 2.32. The molecule has 2 unspecified atom stereocenters. The van der Waals surface area contributed by atoms with Gasteiger partial charge in [0.15, 0.2) is 0 Å². The van der Waals surface area contributed by atoms with E-state index in [1.165, 1.54) is 19.3 Å². The Morgan fingerprint density at radius 2 is 1.95 bits per heavy atom. The van der Waals surface area contributed by atoms with Crippen LogP contribution in [0.1, 0.15) is 47.0 Å². The van der Waals surface area contributed by atoms with Crippen molar-refractivity contribution in [1.29, 1.82) is 0 Å². The maximum Gasteiger partial charge on any atom is 0.0589 e. The second-order valence-corrected chi connectivity index (χ2v) is 6.37. The lowest BCUT2D eigenvalue weighted by molar-refractivity contribution is 0.102. The van der Waals surface area contributed by atoms with Crippen LogP contribution in [0, 0.1) is 11.8 Å². The highest BCUT2D eigenvalue weighted by atomic mass is 16.5. The third kappa shape index (κ3) is 6.24. The van der Waals surface area contributed by atoms with Crippen LogP contribution in [0.5, 0.6) is 0 Å². The quantitative estimate of drug-likeness (QED) is 0.625. The first kappa shape index (κ1) is 16.9. The molecule has 1 N–H and O–H groups in total. The molecule has 2 atom stereocenters. The predicted molar refractivity (Wildman–Crippen MR) is 82.6 cm³/mol. The Labute approximate surface area is 120 Å². The summed E-state index contributed by atoms with van der Waals surface area (Å²) in [6.07, 6.45) is 4.04. The van der Waals surface area contributed by atoms with Crippen molar-refractivity contribution in [2.75, 3.05) is 33.4 Å². The van der Waals surface area contributed by atoms with Gasteiger partial charge >= 0.3 is 0 Å². The van der Waals surface area contributed by atoms with Crippen LogP contribution in [-0.2, 0) is 4.74 Å². The van der Waals surface area contributed by atoms with Gasteiger partial charge < -0.3 is 10.1 Å². The fraction of sp³-hybridized carbons (Fsp3) is 1.00. The standard InChI is InChI=1S/C16H34N2O/c1-6-9-17-16(13(2)3)12-18(10-11-19-5)14(4)15-7-8-15/h13-17H,6-12H2,1-5H3. The van der Waals surface area contributed by atoms with E-state index in [2.05, 4.69) is 37.9 Å². The lowest BCUT2D eigenvalue weighted by Gasteiger charge is -2.34. The third-order valence-electron chi connectivity index (χ3n) is 4.36. The van der Waals surface area contributed by atoms with E-state index in [0.717, 1.165) is 32.2 Å². The van der Waals surface area contributed by atoms with Gasteiger partial charge in [0.25, 0.3) is 0 Å². The molecule has 3 nitrogen and oxygen atoms in total. The molecule has 1 aliphatic rings. The number of ether oxygens (including phenoxy) is 1. The van der Waals surface area contributed by atoms with Gasteiger partial charge in [0.1, 0.15) is 0 Å². The van der Waals surface area contributed by atoms with Crippen molar-refractivity contribution in [3.63, 3.8) is 0 Å². The molecule has 19 heavy (non-hydrogen) atoms. The van der Waals surface area contributed by atoms with Crippen LogP contribution in [-0.4, -0.2) is 50.3 Å². The fourth-order valence-electron chi connectivity index (χ4n) is 2.64. The molecular formula is C16H34N2O. The molecule has 1 aliphatic carbocycles. The minimum atomic E-state index is 0.595. The zero-order valence-corrected chi connectivity index (χ0v) is 13.6. The summed E-state index contributed by atoms with van der Waals surface area (Å²) in [5.41, 5.74) is 0. The topological polar surface area (TPSA) is 24.5 Å². The molecule has 3 heteroatoms. The van der Waals surface area contributed by atoms with E-state index in [0.29, 0.717) is 18.0 Å². The van der Waals surface area contributed by atoms with Crippen LogP contribution in [0.25, 0.3) is 0 Å². The van der Waals surface area contributed by atoms with Gasteiger partial charge in [0.2, 0.25) is 0 Å². The summed E-state index contributed by atoms with van der Waals surface area (Å²) in [7, 11) is 1.80. The van der Waals surface area contributed by atoms with E-state index in [1.54, 1.807) is 7.11 Å². The van der Waals surface area contributed by atoms with E-state index in [4.69, 9.17) is 4.74 Å². The monoisotopic (exact) mass is 270 g/mol. The number of rotatable bonds is 11. The van der Waals surface area contributed by atoms with Crippen LogP contribution in [0.15, 0.2) is 0 Å². The Morgan fingerprint density at radius 3 is 2.42 bits per heavy atom. The van der Waals surface area contributed by atoms with Gasteiger partial charge in [0.05, 0.1) is 6.61 Å². The van der Waals surface area contributed by atoms with Crippen LogP contribution < -0.4 is 5.32 Å². The van der Waals surface area contributed by atoms with Gasteiger partial charge in [0, 0.05) is 32.3 Å². The van der Waals surface area contributed by atoms with Gasteiger partial charge in [-0.25, -0.2) is 0 Å². The molecule has 0 amide bonds. The molecule has 1 rings (SSSR count). The number of methoxy groups -OCH3 is 1. The first-order chi connectivity index (χ1) is 9.10. The van der Waals surface area contributed by atoms with E-state index in [1.807, 2.05) is 0 Å². The first-order valence-corrected chi connectivity index (χ1v) is 8.06. The van der Waals surface area contributed by atoms with Crippen molar-refractivity contribution in [1.82, 2.24) is 10.2 Å². The van der Waals surface area contributed by atoms with Gasteiger partial charge in [-0.1, -0.05) is 20.8 Å². The van der Waals surface area contributed by atoms with Crippen molar-refractivity contribution in [3.8, 4) is 0 Å². The summed E-state index contributed by atoms with van der Waals surface area (Å²) < 4.78 is 5.28. The Kier molecular flexibility index (Phi) is 7.96. The zero-order valence-electron chi connectivity index (χ0n) is 13.6. The SMILES string of the molecule is CCCNC(CN(CCOC)C(C)C1CC1)C(C)C. The molecule has 114 valence electrons. The van der Waals surface area contributed by atoms with E-state index >= 15 is 0 Å². The number of hydrogen-bond donors (Lipinski definition) is 1. The normalized spacial score (nSPS) is 19.1. The summed E-state index contributed by atoms with van der Waals surface area (Å²) in [6, 6.07) is 1.30. The maximum absolute atomic E-state index is 5.28. The minimum absolute atomic E-state index is 0.595. The average molecular weight is 270 g/mol. The Bertz CT molecular complexity index is 229. The smallest absolute Gasteiger partial charge is 0.0589 e. The van der Waals surface area contributed by atoms with Crippen LogP contribution in [0.2, 0.25) is 0 Å². The molecule has 0 aromatic rings. The van der Waals surface area contributed by atoms with Gasteiger partial charge in [-0.05, 0) is 44.6 Å². The largest absolute Gasteiger partial charge is 0.383 e. The summed E-state index contributed by atoms with van der Waals surface area (Å²) >= 11 is 0. The molecule has 0 bridgehead atoms. The predicted octanol–water partition coefficient (Wildman–Crippen LogP) is 2.76. The van der Waals surface area contributed by atoms with Gasteiger partial charge in [-0.15, -0.1) is 0 Å². The van der Waals surface area contributed by atoms with Crippen LogP contribution in [0.4, 0.5) is 0 Å². The Balaban J connectivity index is 2.50. The van der Waals surface area contributed by atoms with Gasteiger partial charge in [-0.2, -0.15) is 0 Å². The van der Waals surface area contributed by atoms with Crippen molar-refractivity contribution in [2.24, 2.45) is 11.8 Å². The summed E-state index contributed by atoms with van der Waals surface area (Å²) in [5, 5.41) is 3.71. The zero-order chi connectivity index (χ0) is 14.3. The average Bonchev–Trinajstić information content (AvgIpc) is 3.21. The Morgan fingerprint density at radius 1 is 1.26 bits per heavy atom. The van der Waals surface area contributed by atoms with Crippen molar-refractivity contribution in [3.05, 3.63) is 0 Å². The molecule has 0 radical (unpaired) electrons. The lowest BCUT2D eigenvalue weighted by atomic mass is 10.0. The molecule has 0 spiro atoms. The number of nitrogens with zero attached hydrogens (tertiary/aromatic N) is 1. The van der Waals surface area contributed by atoms with E-state index in [-0.39, 0.29) is 0 Å². The molecule has 1 saturated carbocycles. The molecule has 0 aromatic heterocycles. The molecule has 0 saturated heterocycles. The highest BCUT2D eigenvalue weighted by Crippen LogP contribution is 2.35. The Hall–Kier alpha value is -0.120. The molecular weight excluding hydrogens is 236 g/mol. The van der Waals surface area contributed by atoms with Gasteiger partial charge in [-0.3, -0.25) is 4.90 Å². The molecule has 0 aliphatic heterocycles. The third-order valence-corrected chi connectivity index (χ3v) is 4.36. The number of nitrogens with one attached hydrogen (secondary N) is 1. The van der Waals surface area contributed by atoms with E-state index < -0.39 is 0 Å².